The highest BCUT2D eigenvalue weighted by molar-refractivity contribution is 14.1. The topological polar surface area (TPSA) is 37.8 Å². The van der Waals surface area contributed by atoms with Gasteiger partial charge in [0.25, 0.3) is 0 Å². The summed E-state index contributed by atoms with van der Waals surface area (Å²) < 4.78 is 13.8. The monoisotopic (exact) mass is 343 g/mol. The zero-order valence-corrected chi connectivity index (χ0v) is 11.4. The lowest BCUT2D eigenvalue weighted by Gasteiger charge is -2.07. The summed E-state index contributed by atoms with van der Waals surface area (Å²) in [6.45, 7) is 2.81. The van der Waals surface area contributed by atoms with Gasteiger partial charge in [0, 0.05) is 18.3 Å². The highest BCUT2D eigenvalue weighted by Gasteiger charge is 2.06. The van der Waals surface area contributed by atoms with Crippen LogP contribution < -0.4 is 5.32 Å². The average Bonchev–Trinajstić information content (AvgIpc) is 2.33. The Morgan fingerprint density at radius 1 is 1.29 bits per heavy atom. The summed E-state index contributed by atoms with van der Waals surface area (Å²) in [7, 11) is 0. The Hall–Kier alpha value is -1.24. The average molecular weight is 343 g/mol. The number of hydrogen-bond acceptors (Lipinski definition) is 3. The molecule has 1 aromatic carbocycles. The molecule has 17 heavy (non-hydrogen) atoms. The van der Waals surface area contributed by atoms with E-state index < -0.39 is 0 Å². The van der Waals surface area contributed by atoms with Crippen molar-refractivity contribution in [1.82, 2.24) is 9.97 Å². The minimum Gasteiger partial charge on any atom is -0.369 e. The molecule has 0 aliphatic carbocycles. The van der Waals surface area contributed by atoms with Crippen LogP contribution in [-0.2, 0) is 0 Å². The minimum atomic E-state index is -0.258. The number of anilines is 1. The van der Waals surface area contributed by atoms with E-state index in [0.717, 1.165) is 21.5 Å². The first kappa shape index (κ1) is 12.2. The summed E-state index contributed by atoms with van der Waals surface area (Å²) >= 11 is 2.18. The zero-order chi connectivity index (χ0) is 12.3. The number of nitrogens with one attached hydrogen (secondary N) is 1. The predicted molar refractivity (Wildman–Crippen MR) is 74.3 cm³/mol. The molecule has 0 amide bonds. The van der Waals surface area contributed by atoms with E-state index in [9.17, 15) is 4.39 Å². The van der Waals surface area contributed by atoms with Crippen molar-refractivity contribution < 1.29 is 4.39 Å². The highest BCUT2D eigenvalue weighted by Crippen LogP contribution is 2.20. The molecule has 0 fully saturated rings. The maximum absolute atomic E-state index is 12.8. The number of halogens is 2. The van der Waals surface area contributed by atoms with Gasteiger partial charge in [0.1, 0.15) is 11.6 Å². The number of rotatable bonds is 3. The molecule has 0 saturated heterocycles. The summed E-state index contributed by atoms with van der Waals surface area (Å²) in [6, 6.07) is 6.16. The molecule has 0 aliphatic rings. The number of nitrogens with zero attached hydrogens (tertiary/aromatic N) is 2. The van der Waals surface area contributed by atoms with E-state index in [4.69, 9.17) is 0 Å². The van der Waals surface area contributed by atoms with Gasteiger partial charge in [-0.25, -0.2) is 14.4 Å². The van der Waals surface area contributed by atoms with Gasteiger partial charge in [-0.15, -0.1) is 0 Å². The molecule has 1 aromatic heterocycles. The third kappa shape index (κ3) is 2.91. The Morgan fingerprint density at radius 3 is 2.65 bits per heavy atom. The second-order valence-electron chi connectivity index (χ2n) is 3.43. The summed E-state index contributed by atoms with van der Waals surface area (Å²) in [5.41, 5.74) is 0.807. The van der Waals surface area contributed by atoms with Crippen LogP contribution in [0.2, 0.25) is 0 Å². The van der Waals surface area contributed by atoms with Crippen molar-refractivity contribution in [3.8, 4) is 11.4 Å². The zero-order valence-electron chi connectivity index (χ0n) is 9.24. The van der Waals surface area contributed by atoms with Crippen LogP contribution >= 0.6 is 22.6 Å². The van der Waals surface area contributed by atoms with Crippen molar-refractivity contribution in [2.75, 3.05) is 11.9 Å². The van der Waals surface area contributed by atoms with Crippen LogP contribution in [0.15, 0.2) is 30.5 Å². The van der Waals surface area contributed by atoms with Crippen LogP contribution in [0.5, 0.6) is 0 Å². The van der Waals surface area contributed by atoms with Gasteiger partial charge in [-0.1, -0.05) is 0 Å². The fourth-order valence-electron chi connectivity index (χ4n) is 1.40. The molecule has 88 valence electrons. The molecule has 2 rings (SSSR count). The molecule has 1 heterocycles. The van der Waals surface area contributed by atoms with E-state index in [1.54, 1.807) is 18.3 Å². The van der Waals surface area contributed by atoms with Crippen LogP contribution in [0.3, 0.4) is 0 Å². The van der Waals surface area contributed by atoms with Gasteiger partial charge in [0.15, 0.2) is 5.82 Å². The van der Waals surface area contributed by atoms with E-state index in [1.165, 1.54) is 12.1 Å². The lowest BCUT2D eigenvalue weighted by Crippen LogP contribution is -2.03. The third-order valence-corrected chi connectivity index (χ3v) is 2.98. The number of hydrogen-bond donors (Lipinski definition) is 1. The molecule has 3 nitrogen and oxygen atoms in total. The van der Waals surface area contributed by atoms with Crippen LogP contribution in [0, 0.1) is 9.39 Å². The lowest BCUT2D eigenvalue weighted by molar-refractivity contribution is 0.628. The van der Waals surface area contributed by atoms with E-state index in [1.807, 2.05) is 6.92 Å². The van der Waals surface area contributed by atoms with Gasteiger partial charge in [0.2, 0.25) is 0 Å². The van der Waals surface area contributed by atoms with Gasteiger partial charge in [-0.05, 0) is 53.8 Å². The maximum Gasteiger partial charge on any atom is 0.161 e. The minimum absolute atomic E-state index is 0.258. The Morgan fingerprint density at radius 2 is 2.00 bits per heavy atom. The molecule has 1 N–H and O–H groups in total. The van der Waals surface area contributed by atoms with Crippen LogP contribution in [0.25, 0.3) is 11.4 Å². The van der Waals surface area contributed by atoms with Crippen LogP contribution in [-0.4, -0.2) is 16.5 Å². The molecule has 0 spiro atoms. The standard InChI is InChI=1S/C12H11FIN3/c1-2-15-12-10(14)7-16-11(17-12)8-3-5-9(13)6-4-8/h3-7H,2H2,1H3,(H,15,16,17). The van der Waals surface area contributed by atoms with Crippen molar-refractivity contribution in [3.63, 3.8) is 0 Å². The first-order valence-corrected chi connectivity index (χ1v) is 6.31. The maximum atomic E-state index is 12.8. The molecule has 0 bridgehead atoms. The summed E-state index contributed by atoms with van der Waals surface area (Å²) in [6.07, 6.45) is 1.75. The fourth-order valence-corrected chi connectivity index (χ4v) is 1.85. The molecule has 5 heteroatoms. The van der Waals surface area contributed by atoms with Gasteiger partial charge in [-0.3, -0.25) is 0 Å². The van der Waals surface area contributed by atoms with Crippen LogP contribution in [0.1, 0.15) is 6.92 Å². The molecule has 0 aliphatic heterocycles. The molecular weight excluding hydrogens is 332 g/mol. The Balaban J connectivity index is 2.39. The van der Waals surface area contributed by atoms with Crippen molar-refractivity contribution in [2.24, 2.45) is 0 Å². The quantitative estimate of drug-likeness (QED) is 0.869. The fraction of sp³-hybridized carbons (Fsp3) is 0.167. The Bertz CT molecular complexity index is 514. The predicted octanol–water partition coefficient (Wildman–Crippen LogP) is 3.32. The number of benzene rings is 1. The first-order chi connectivity index (χ1) is 8.20. The molecular formula is C12H11FIN3. The van der Waals surface area contributed by atoms with Gasteiger partial charge < -0.3 is 5.32 Å². The first-order valence-electron chi connectivity index (χ1n) is 5.23. The van der Waals surface area contributed by atoms with Crippen molar-refractivity contribution in [2.45, 2.75) is 6.92 Å². The lowest BCUT2D eigenvalue weighted by atomic mass is 10.2. The summed E-state index contributed by atoms with van der Waals surface area (Å²) in [4.78, 5) is 8.65. The highest BCUT2D eigenvalue weighted by atomic mass is 127. The normalized spacial score (nSPS) is 10.3. The molecule has 0 saturated carbocycles. The molecule has 2 aromatic rings. The van der Waals surface area contributed by atoms with E-state index in [2.05, 4.69) is 37.9 Å². The van der Waals surface area contributed by atoms with Crippen molar-refractivity contribution in [3.05, 3.63) is 39.8 Å². The SMILES string of the molecule is CCNc1nc(-c2ccc(F)cc2)ncc1I. The van der Waals surface area contributed by atoms with Crippen molar-refractivity contribution >= 4 is 28.4 Å². The molecule has 0 atom stereocenters. The third-order valence-electron chi connectivity index (χ3n) is 2.19. The molecule has 0 unspecified atom stereocenters. The van der Waals surface area contributed by atoms with E-state index in [-0.39, 0.29) is 5.82 Å². The van der Waals surface area contributed by atoms with Crippen LogP contribution in [0.4, 0.5) is 10.2 Å². The largest absolute Gasteiger partial charge is 0.369 e. The van der Waals surface area contributed by atoms with Gasteiger partial charge in [-0.2, -0.15) is 0 Å². The van der Waals surface area contributed by atoms with Crippen molar-refractivity contribution in [1.29, 1.82) is 0 Å². The van der Waals surface area contributed by atoms with Gasteiger partial charge >= 0.3 is 0 Å². The summed E-state index contributed by atoms with van der Waals surface area (Å²) in [5.74, 6) is 1.15. The molecule has 0 radical (unpaired) electrons. The second-order valence-corrected chi connectivity index (χ2v) is 4.59. The second kappa shape index (κ2) is 5.39. The smallest absolute Gasteiger partial charge is 0.161 e. The number of aromatic nitrogens is 2. The summed E-state index contributed by atoms with van der Waals surface area (Å²) in [5, 5.41) is 3.16. The van der Waals surface area contributed by atoms with Gasteiger partial charge in [0.05, 0.1) is 3.57 Å². The van der Waals surface area contributed by atoms with E-state index >= 15 is 0 Å². The Kier molecular flexibility index (Phi) is 3.88. The van der Waals surface area contributed by atoms with E-state index in [0.29, 0.717) is 5.82 Å². The Labute approximate surface area is 113 Å².